The van der Waals surface area contributed by atoms with Crippen molar-refractivity contribution in [2.24, 2.45) is 28.8 Å². The Morgan fingerprint density at radius 1 is 1.06 bits per heavy atom. The summed E-state index contributed by atoms with van der Waals surface area (Å²) in [7, 11) is 0. The number of benzene rings is 2. The molecule has 4 aliphatic rings. The van der Waals surface area contributed by atoms with Crippen LogP contribution in [0.5, 0.6) is 17.2 Å². The third-order valence-electron chi connectivity index (χ3n) is 6.79. The molecule has 2 aliphatic heterocycles. The zero-order chi connectivity index (χ0) is 23.4. The summed E-state index contributed by atoms with van der Waals surface area (Å²) in [5, 5.41) is 16.3. The third-order valence-corrected chi connectivity index (χ3v) is 6.79. The highest BCUT2D eigenvalue weighted by Gasteiger charge is 2.59. The average Bonchev–Trinajstić information content (AvgIpc) is 3.61. The molecular formula is C24H19N3O7. The zero-order valence-electron chi connectivity index (χ0n) is 17.8. The van der Waals surface area contributed by atoms with Crippen molar-refractivity contribution in [3.63, 3.8) is 0 Å². The van der Waals surface area contributed by atoms with Crippen molar-refractivity contribution in [2.45, 2.75) is 13.0 Å². The second kappa shape index (κ2) is 7.68. The maximum Gasteiger partial charge on any atom is 0.270 e. The first-order chi connectivity index (χ1) is 16.5. The van der Waals surface area contributed by atoms with Gasteiger partial charge in [0.25, 0.3) is 17.5 Å². The number of rotatable bonds is 6. The molecule has 1 saturated carbocycles. The molecular weight excluding hydrogens is 442 g/mol. The Bertz CT molecular complexity index is 1260. The molecule has 34 heavy (non-hydrogen) atoms. The van der Waals surface area contributed by atoms with E-state index in [4.69, 9.17) is 14.2 Å². The van der Waals surface area contributed by atoms with E-state index in [1.807, 2.05) is 18.2 Å². The highest BCUT2D eigenvalue weighted by Crippen LogP contribution is 2.52. The highest BCUT2D eigenvalue weighted by atomic mass is 16.7. The Kier molecular flexibility index (Phi) is 4.61. The van der Waals surface area contributed by atoms with Gasteiger partial charge in [0.05, 0.1) is 23.0 Å². The Morgan fingerprint density at radius 2 is 1.79 bits per heavy atom. The summed E-state index contributed by atoms with van der Waals surface area (Å²) in [5.41, 5.74) is 0.940. The van der Waals surface area contributed by atoms with Crippen LogP contribution < -0.4 is 14.2 Å². The first-order valence-electron chi connectivity index (χ1n) is 10.9. The fraction of sp³-hybridized carbons (Fsp3) is 0.292. The molecule has 2 fully saturated rings. The Balaban J connectivity index is 1.24. The molecule has 10 nitrogen and oxygen atoms in total. The Morgan fingerprint density at radius 3 is 2.53 bits per heavy atom. The number of non-ortho nitro benzene ring substituents is 1. The summed E-state index contributed by atoms with van der Waals surface area (Å²) in [6, 6.07) is 9.50. The molecule has 2 aromatic carbocycles. The van der Waals surface area contributed by atoms with Gasteiger partial charge in [-0.25, -0.2) is 0 Å². The molecule has 172 valence electrons. The van der Waals surface area contributed by atoms with Crippen molar-refractivity contribution < 1.29 is 28.7 Å². The predicted octanol–water partition coefficient (Wildman–Crippen LogP) is 3.04. The van der Waals surface area contributed by atoms with E-state index in [2.05, 4.69) is 5.10 Å². The van der Waals surface area contributed by atoms with Crippen LogP contribution >= 0.6 is 0 Å². The van der Waals surface area contributed by atoms with E-state index >= 15 is 0 Å². The van der Waals surface area contributed by atoms with Crippen molar-refractivity contribution in [2.75, 3.05) is 6.79 Å². The molecule has 0 N–H and O–H groups in total. The summed E-state index contributed by atoms with van der Waals surface area (Å²) in [6.07, 6.45) is 6.11. The molecule has 2 amide bonds. The maximum absolute atomic E-state index is 12.9. The van der Waals surface area contributed by atoms with E-state index in [1.54, 1.807) is 12.1 Å². The number of ether oxygens (including phenoxy) is 3. The van der Waals surface area contributed by atoms with Gasteiger partial charge < -0.3 is 14.2 Å². The third kappa shape index (κ3) is 3.21. The quantitative estimate of drug-likeness (QED) is 0.213. The topological polar surface area (TPSA) is 121 Å². The monoisotopic (exact) mass is 461 g/mol. The van der Waals surface area contributed by atoms with Crippen molar-refractivity contribution in [3.8, 4) is 17.2 Å². The second-order valence-corrected chi connectivity index (χ2v) is 8.69. The molecule has 1 saturated heterocycles. The number of carbonyl (C=O) groups is 2. The minimum atomic E-state index is -0.529. The van der Waals surface area contributed by atoms with E-state index in [-0.39, 0.29) is 60.1 Å². The van der Waals surface area contributed by atoms with Crippen LogP contribution in [0.4, 0.5) is 5.69 Å². The number of nitrogens with zero attached hydrogens (tertiary/aromatic N) is 3. The lowest BCUT2D eigenvalue weighted by molar-refractivity contribution is -0.384. The first-order valence-corrected chi connectivity index (χ1v) is 10.9. The van der Waals surface area contributed by atoms with Crippen molar-refractivity contribution >= 4 is 23.7 Å². The molecule has 2 bridgehead atoms. The van der Waals surface area contributed by atoms with E-state index in [1.165, 1.54) is 24.4 Å². The first kappa shape index (κ1) is 20.4. The number of hydrazone groups is 1. The van der Waals surface area contributed by atoms with Crippen molar-refractivity contribution in [3.05, 3.63) is 69.8 Å². The Labute approximate surface area is 193 Å². The molecule has 0 spiro atoms. The second-order valence-electron chi connectivity index (χ2n) is 8.69. The number of nitro groups is 1. The number of hydrogen-bond acceptors (Lipinski definition) is 8. The lowest BCUT2D eigenvalue weighted by Crippen LogP contribution is -2.28. The van der Waals surface area contributed by atoms with Crippen LogP contribution in [0.25, 0.3) is 0 Å². The van der Waals surface area contributed by atoms with Crippen molar-refractivity contribution in [1.82, 2.24) is 5.01 Å². The van der Waals surface area contributed by atoms with Crippen LogP contribution in [0.2, 0.25) is 0 Å². The standard InChI is InChI=1S/C24H19N3O7/c28-23-21-14-2-3-15(8-14)22(21)24(29)26(23)25-10-16-9-17(27(30)31)4-6-18(16)32-11-13-1-5-19-20(7-13)34-12-33-19/h1-7,9-10,14-15,21-22H,8,11-12H2. The van der Waals surface area contributed by atoms with Crippen molar-refractivity contribution in [1.29, 1.82) is 0 Å². The van der Waals surface area contributed by atoms with Crippen LogP contribution in [0.1, 0.15) is 17.5 Å². The normalized spacial score (nSPS) is 26.1. The van der Waals surface area contributed by atoms with Gasteiger partial charge in [-0.15, -0.1) is 0 Å². The number of fused-ring (bicyclic) bond motifs is 6. The number of allylic oxidation sites excluding steroid dienone is 2. The van der Waals surface area contributed by atoms with Gasteiger partial charge in [-0.2, -0.15) is 10.1 Å². The van der Waals surface area contributed by atoms with Gasteiger partial charge >= 0.3 is 0 Å². The summed E-state index contributed by atoms with van der Waals surface area (Å²) < 4.78 is 16.6. The molecule has 10 heteroatoms. The molecule has 2 aliphatic carbocycles. The number of imide groups is 1. The van der Waals surface area contributed by atoms with Gasteiger partial charge in [-0.1, -0.05) is 18.2 Å². The zero-order valence-corrected chi connectivity index (χ0v) is 17.8. The largest absolute Gasteiger partial charge is 0.488 e. The van der Waals surface area contributed by atoms with E-state index in [0.717, 1.165) is 17.0 Å². The van der Waals surface area contributed by atoms with Crippen LogP contribution in [-0.4, -0.2) is 34.8 Å². The molecule has 6 rings (SSSR count). The molecule has 0 aromatic heterocycles. The van der Waals surface area contributed by atoms with Crippen LogP contribution in [0.3, 0.4) is 0 Å². The van der Waals surface area contributed by atoms with Crippen LogP contribution in [-0.2, 0) is 16.2 Å². The summed E-state index contributed by atoms with van der Waals surface area (Å²) in [6.45, 7) is 0.325. The molecule has 2 aromatic rings. The maximum atomic E-state index is 12.9. The summed E-state index contributed by atoms with van der Waals surface area (Å²) in [4.78, 5) is 36.5. The molecule has 4 atom stereocenters. The van der Waals surface area contributed by atoms with Gasteiger partial charge in [-0.05, 0) is 42.0 Å². The molecule has 2 heterocycles. The minimum absolute atomic E-state index is 0.0741. The number of amides is 2. The molecule has 0 radical (unpaired) electrons. The Hall–Kier alpha value is -4.21. The van der Waals surface area contributed by atoms with E-state index in [9.17, 15) is 19.7 Å². The highest BCUT2D eigenvalue weighted by molar-refractivity contribution is 6.07. The molecule has 4 unspecified atom stereocenters. The van der Waals surface area contributed by atoms with Gasteiger partial charge in [0, 0.05) is 17.7 Å². The summed E-state index contributed by atoms with van der Waals surface area (Å²) in [5.74, 6) is 0.362. The smallest absolute Gasteiger partial charge is 0.270 e. The lowest BCUT2D eigenvalue weighted by Gasteiger charge is -2.13. The fourth-order valence-corrected chi connectivity index (χ4v) is 5.19. The van der Waals surface area contributed by atoms with Crippen LogP contribution in [0.15, 0.2) is 53.7 Å². The van der Waals surface area contributed by atoms with Gasteiger partial charge in [0.1, 0.15) is 12.4 Å². The van der Waals surface area contributed by atoms with E-state index < -0.39 is 4.92 Å². The number of carbonyl (C=O) groups excluding carboxylic acids is 2. The number of hydrogen-bond donors (Lipinski definition) is 0. The fourth-order valence-electron chi connectivity index (χ4n) is 5.19. The SMILES string of the molecule is O=C1C2C3C=CC(C3)C2C(=O)N1N=Cc1cc([N+](=O)[O-])ccc1OCc1ccc2c(c1)OCO2. The average molecular weight is 461 g/mol. The number of nitro benzene ring substituents is 1. The lowest BCUT2D eigenvalue weighted by atomic mass is 9.85. The van der Waals surface area contributed by atoms with E-state index in [0.29, 0.717) is 17.2 Å². The van der Waals surface area contributed by atoms with Crippen LogP contribution in [0, 0.1) is 33.8 Å². The van der Waals surface area contributed by atoms with Gasteiger partial charge in [0.2, 0.25) is 6.79 Å². The van der Waals surface area contributed by atoms with Gasteiger partial charge in [-0.3, -0.25) is 19.7 Å². The summed E-state index contributed by atoms with van der Waals surface area (Å²) >= 11 is 0. The predicted molar refractivity (Wildman–Crippen MR) is 117 cm³/mol. The van der Waals surface area contributed by atoms with Gasteiger partial charge in [0.15, 0.2) is 11.5 Å². The minimum Gasteiger partial charge on any atom is -0.488 e.